The molecular weight excluding hydrogens is 238 g/mol. The topological polar surface area (TPSA) is 27.7 Å². The monoisotopic (exact) mass is 273 g/mol. The summed E-state index contributed by atoms with van der Waals surface area (Å²) in [7, 11) is 1.77. The number of hydrogen-bond donors (Lipinski definition) is 1. The largest absolute Gasteiger partial charge is 0.383 e. The summed E-state index contributed by atoms with van der Waals surface area (Å²) >= 11 is 0. The van der Waals surface area contributed by atoms with Crippen LogP contribution in [0.1, 0.15) is 27.7 Å². The second-order valence-corrected chi connectivity index (χ2v) is 5.46. The second kappa shape index (κ2) is 12.9. The van der Waals surface area contributed by atoms with E-state index >= 15 is 0 Å². The van der Waals surface area contributed by atoms with E-state index in [4.69, 9.17) is 4.74 Å². The van der Waals surface area contributed by atoms with Crippen LogP contribution in [0.5, 0.6) is 0 Å². The van der Waals surface area contributed by atoms with Crippen LogP contribution in [0.25, 0.3) is 0 Å². The van der Waals surface area contributed by atoms with Crippen molar-refractivity contribution in [2.24, 2.45) is 5.92 Å². The Morgan fingerprint density at radius 3 is 2.00 bits per heavy atom. The Morgan fingerprint density at radius 1 is 0.947 bits per heavy atom. The number of nitrogens with one attached hydrogen (secondary N) is 1. The standard InChI is InChI=1S/C15H35N3O/c1-6-17(7-2)10-8-16-9-11-18(12-13-19-5)14-15(3)4/h15-16H,6-14H2,1-5H3. The number of methoxy groups -OCH3 is 1. The van der Waals surface area contributed by atoms with Gasteiger partial charge in [0, 0.05) is 46.4 Å². The lowest BCUT2D eigenvalue weighted by molar-refractivity contribution is 0.140. The van der Waals surface area contributed by atoms with Gasteiger partial charge < -0.3 is 15.0 Å². The molecule has 0 atom stereocenters. The van der Waals surface area contributed by atoms with Crippen LogP contribution < -0.4 is 5.32 Å². The molecule has 0 fully saturated rings. The molecule has 0 saturated heterocycles. The molecule has 0 aromatic carbocycles. The van der Waals surface area contributed by atoms with Crippen molar-refractivity contribution in [3.8, 4) is 0 Å². The smallest absolute Gasteiger partial charge is 0.0589 e. The highest BCUT2D eigenvalue weighted by Crippen LogP contribution is 1.97. The Kier molecular flexibility index (Phi) is 12.7. The van der Waals surface area contributed by atoms with Gasteiger partial charge in [0.2, 0.25) is 0 Å². The summed E-state index contributed by atoms with van der Waals surface area (Å²) in [5.74, 6) is 0.715. The van der Waals surface area contributed by atoms with E-state index in [0.717, 1.165) is 59.0 Å². The minimum Gasteiger partial charge on any atom is -0.383 e. The van der Waals surface area contributed by atoms with Gasteiger partial charge in [0.25, 0.3) is 0 Å². The van der Waals surface area contributed by atoms with E-state index in [-0.39, 0.29) is 0 Å². The second-order valence-electron chi connectivity index (χ2n) is 5.46. The Bertz CT molecular complexity index is 184. The molecule has 4 heteroatoms. The van der Waals surface area contributed by atoms with E-state index < -0.39 is 0 Å². The SMILES string of the molecule is CCN(CC)CCNCCN(CCOC)CC(C)C. The molecular formula is C15H35N3O. The van der Waals surface area contributed by atoms with E-state index in [2.05, 4.69) is 42.8 Å². The molecule has 0 aliphatic carbocycles. The van der Waals surface area contributed by atoms with Gasteiger partial charge in [-0.1, -0.05) is 27.7 Å². The summed E-state index contributed by atoms with van der Waals surface area (Å²) in [5.41, 5.74) is 0. The van der Waals surface area contributed by atoms with Gasteiger partial charge in [-0.15, -0.1) is 0 Å². The van der Waals surface area contributed by atoms with Crippen molar-refractivity contribution in [2.75, 3.05) is 66.1 Å². The van der Waals surface area contributed by atoms with Crippen LogP contribution in [-0.4, -0.2) is 75.9 Å². The van der Waals surface area contributed by atoms with Gasteiger partial charge in [-0.3, -0.25) is 4.90 Å². The molecule has 0 radical (unpaired) electrons. The summed E-state index contributed by atoms with van der Waals surface area (Å²) in [6, 6.07) is 0. The Labute approximate surface area is 120 Å². The molecule has 0 aliphatic heterocycles. The third kappa shape index (κ3) is 11.4. The zero-order valence-corrected chi connectivity index (χ0v) is 13.7. The molecule has 4 nitrogen and oxygen atoms in total. The van der Waals surface area contributed by atoms with Crippen molar-refractivity contribution < 1.29 is 4.74 Å². The molecule has 0 saturated carbocycles. The third-order valence-electron chi connectivity index (χ3n) is 3.34. The number of ether oxygens (including phenoxy) is 1. The van der Waals surface area contributed by atoms with Crippen molar-refractivity contribution >= 4 is 0 Å². The van der Waals surface area contributed by atoms with E-state index in [1.807, 2.05) is 0 Å². The van der Waals surface area contributed by atoms with Gasteiger partial charge in [0.05, 0.1) is 6.61 Å². The molecule has 1 N–H and O–H groups in total. The summed E-state index contributed by atoms with van der Waals surface area (Å²) in [5, 5.41) is 3.54. The van der Waals surface area contributed by atoms with E-state index in [0.29, 0.717) is 5.92 Å². The predicted molar refractivity (Wildman–Crippen MR) is 83.8 cm³/mol. The molecule has 0 rings (SSSR count). The highest BCUT2D eigenvalue weighted by atomic mass is 16.5. The number of rotatable bonds is 13. The maximum atomic E-state index is 5.17. The first kappa shape index (κ1) is 18.8. The van der Waals surface area contributed by atoms with Crippen LogP contribution in [0.4, 0.5) is 0 Å². The molecule has 0 aliphatic rings. The van der Waals surface area contributed by atoms with Crippen LogP contribution in [0.15, 0.2) is 0 Å². The fourth-order valence-corrected chi connectivity index (χ4v) is 2.17. The van der Waals surface area contributed by atoms with Crippen LogP contribution >= 0.6 is 0 Å². The lowest BCUT2D eigenvalue weighted by Crippen LogP contribution is -2.39. The highest BCUT2D eigenvalue weighted by Gasteiger charge is 2.06. The van der Waals surface area contributed by atoms with Crippen LogP contribution in [0.3, 0.4) is 0 Å². The quantitative estimate of drug-likeness (QED) is 0.515. The van der Waals surface area contributed by atoms with Crippen LogP contribution in [0.2, 0.25) is 0 Å². The van der Waals surface area contributed by atoms with Gasteiger partial charge in [0.1, 0.15) is 0 Å². The maximum Gasteiger partial charge on any atom is 0.0589 e. The first-order chi connectivity index (χ1) is 9.13. The van der Waals surface area contributed by atoms with Crippen molar-refractivity contribution in [1.82, 2.24) is 15.1 Å². The van der Waals surface area contributed by atoms with Crippen molar-refractivity contribution in [3.63, 3.8) is 0 Å². The van der Waals surface area contributed by atoms with E-state index in [1.54, 1.807) is 7.11 Å². The van der Waals surface area contributed by atoms with Gasteiger partial charge in [0.15, 0.2) is 0 Å². The molecule has 0 amide bonds. The van der Waals surface area contributed by atoms with E-state index in [9.17, 15) is 0 Å². The fraction of sp³-hybridized carbons (Fsp3) is 1.00. The lowest BCUT2D eigenvalue weighted by atomic mass is 10.2. The average molecular weight is 273 g/mol. The summed E-state index contributed by atoms with van der Waals surface area (Å²) < 4.78 is 5.17. The molecule has 0 heterocycles. The minimum atomic E-state index is 0.715. The number of nitrogens with zero attached hydrogens (tertiary/aromatic N) is 2. The molecule has 0 aromatic heterocycles. The van der Waals surface area contributed by atoms with Crippen LogP contribution in [-0.2, 0) is 4.74 Å². The molecule has 0 aromatic rings. The zero-order valence-electron chi connectivity index (χ0n) is 13.7. The Morgan fingerprint density at radius 2 is 1.53 bits per heavy atom. The molecule has 19 heavy (non-hydrogen) atoms. The third-order valence-corrected chi connectivity index (χ3v) is 3.34. The van der Waals surface area contributed by atoms with E-state index in [1.165, 1.54) is 0 Å². The molecule has 0 bridgehead atoms. The van der Waals surface area contributed by atoms with Crippen LogP contribution in [0, 0.1) is 5.92 Å². The van der Waals surface area contributed by atoms with Gasteiger partial charge in [-0.05, 0) is 19.0 Å². The highest BCUT2D eigenvalue weighted by molar-refractivity contribution is 4.63. The van der Waals surface area contributed by atoms with Crippen molar-refractivity contribution in [1.29, 1.82) is 0 Å². The van der Waals surface area contributed by atoms with Crippen molar-refractivity contribution in [3.05, 3.63) is 0 Å². The minimum absolute atomic E-state index is 0.715. The Balaban J connectivity index is 3.67. The first-order valence-electron chi connectivity index (χ1n) is 7.78. The van der Waals surface area contributed by atoms with Gasteiger partial charge in [-0.2, -0.15) is 0 Å². The molecule has 0 unspecified atom stereocenters. The normalized spacial score (nSPS) is 12.0. The first-order valence-corrected chi connectivity index (χ1v) is 7.78. The summed E-state index contributed by atoms with van der Waals surface area (Å²) in [6.07, 6.45) is 0. The maximum absolute atomic E-state index is 5.17. The van der Waals surface area contributed by atoms with Gasteiger partial charge >= 0.3 is 0 Å². The Hall–Kier alpha value is -0.160. The zero-order chi connectivity index (χ0) is 14.5. The van der Waals surface area contributed by atoms with Crippen molar-refractivity contribution in [2.45, 2.75) is 27.7 Å². The van der Waals surface area contributed by atoms with Gasteiger partial charge in [-0.25, -0.2) is 0 Å². The molecule has 116 valence electrons. The molecule has 0 spiro atoms. The predicted octanol–water partition coefficient (Wildman–Crippen LogP) is 1.52. The summed E-state index contributed by atoms with van der Waals surface area (Å²) in [4.78, 5) is 4.93. The number of likely N-dealkylation sites (N-methyl/N-ethyl adjacent to an activating group) is 1. The fourth-order valence-electron chi connectivity index (χ4n) is 2.17. The average Bonchev–Trinajstić information content (AvgIpc) is 2.39. The lowest BCUT2D eigenvalue weighted by Gasteiger charge is -2.24. The summed E-state index contributed by atoms with van der Waals surface area (Å²) in [6.45, 7) is 18.7. The number of hydrogen-bond acceptors (Lipinski definition) is 4.